The molecule has 0 radical (unpaired) electrons. The summed E-state index contributed by atoms with van der Waals surface area (Å²) in [7, 11) is 0. The van der Waals surface area contributed by atoms with Gasteiger partial charge in [-0.15, -0.1) is 0 Å². The van der Waals surface area contributed by atoms with E-state index in [-0.39, 0.29) is 0 Å². The van der Waals surface area contributed by atoms with Crippen molar-refractivity contribution in [2.24, 2.45) is 5.92 Å². The Balaban J connectivity index is 2.57. The van der Waals surface area contributed by atoms with E-state index in [0.29, 0.717) is 5.92 Å². The Labute approximate surface area is 73.3 Å². The predicted octanol–water partition coefficient (Wildman–Crippen LogP) is 1.68. The molecule has 12 heavy (non-hydrogen) atoms. The maximum Gasteiger partial charge on any atom is 0.145 e. The number of aliphatic hydroxyl groups is 1. The van der Waals surface area contributed by atoms with Crippen molar-refractivity contribution in [1.29, 1.82) is 0 Å². The SMILES string of the molecule is CC(C)(O)C1CC=C(C=O)CC1. The van der Waals surface area contributed by atoms with Crippen LogP contribution in [-0.4, -0.2) is 17.0 Å². The van der Waals surface area contributed by atoms with Gasteiger partial charge in [-0.05, 0) is 44.6 Å². The monoisotopic (exact) mass is 168 g/mol. The third-order valence-electron chi connectivity index (χ3n) is 2.60. The summed E-state index contributed by atoms with van der Waals surface area (Å²) in [5, 5.41) is 9.68. The topological polar surface area (TPSA) is 37.3 Å². The number of carbonyl (C=O) groups is 1. The van der Waals surface area contributed by atoms with Crippen molar-refractivity contribution in [2.45, 2.75) is 38.7 Å². The maximum absolute atomic E-state index is 10.4. The summed E-state index contributed by atoms with van der Waals surface area (Å²) in [4.78, 5) is 10.4. The second-order valence-electron chi connectivity index (χ2n) is 4.02. The van der Waals surface area contributed by atoms with Crippen LogP contribution >= 0.6 is 0 Å². The van der Waals surface area contributed by atoms with E-state index in [9.17, 15) is 9.90 Å². The van der Waals surface area contributed by atoms with Crippen molar-refractivity contribution >= 4 is 6.29 Å². The maximum atomic E-state index is 10.4. The van der Waals surface area contributed by atoms with E-state index in [2.05, 4.69) is 0 Å². The Hall–Kier alpha value is -0.630. The second-order valence-corrected chi connectivity index (χ2v) is 4.02. The lowest BCUT2D eigenvalue weighted by atomic mass is 9.80. The molecule has 0 spiro atoms. The molecule has 1 aliphatic carbocycles. The molecule has 0 heterocycles. The van der Waals surface area contributed by atoms with Crippen molar-refractivity contribution in [3.63, 3.8) is 0 Å². The van der Waals surface area contributed by atoms with Gasteiger partial charge in [0.1, 0.15) is 6.29 Å². The van der Waals surface area contributed by atoms with Crippen LogP contribution in [0.5, 0.6) is 0 Å². The molecule has 0 aromatic rings. The number of hydrogen-bond acceptors (Lipinski definition) is 2. The third-order valence-corrected chi connectivity index (χ3v) is 2.60. The molecule has 1 aliphatic rings. The Bertz CT molecular complexity index is 198. The van der Waals surface area contributed by atoms with Gasteiger partial charge in [-0.3, -0.25) is 4.79 Å². The molecule has 0 fully saturated rings. The van der Waals surface area contributed by atoms with Crippen molar-refractivity contribution in [3.8, 4) is 0 Å². The summed E-state index contributed by atoms with van der Waals surface area (Å²) >= 11 is 0. The lowest BCUT2D eigenvalue weighted by Gasteiger charge is -2.31. The average Bonchev–Trinajstić information content (AvgIpc) is 2.03. The zero-order valence-corrected chi connectivity index (χ0v) is 7.71. The lowest BCUT2D eigenvalue weighted by Crippen LogP contribution is -2.31. The number of hydrogen-bond donors (Lipinski definition) is 1. The molecular weight excluding hydrogens is 152 g/mol. The first kappa shape index (κ1) is 9.46. The van der Waals surface area contributed by atoms with E-state index in [1.807, 2.05) is 19.9 Å². The van der Waals surface area contributed by atoms with Crippen LogP contribution in [0.3, 0.4) is 0 Å². The molecule has 0 bridgehead atoms. The van der Waals surface area contributed by atoms with Gasteiger partial charge in [-0.1, -0.05) is 6.08 Å². The number of rotatable bonds is 2. The first-order chi connectivity index (χ1) is 5.54. The molecule has 0 saturated heterocycles. The molecule has 0 saturated carbocycles. The zero-order chi connectivity index (χ0) is 9.19. The van der Waals surface area contributed by atoms with Gasteiger partial charge in [-0.2, -0.15) is 0 Å². The smallest absolute Gasteiger partial charge is 0.145 e. The van der Waals surface area contributed by atoms with E-state index in [4.69, 9.17) is 0 Å². The molecule has 1 N–H and O–H groups in total. The van der Waals surface area contributed by atoms with Crippen LogP contribution in [0.4, 0.5) is 0 Å². The van der Waals surface area contributed by atoms with Gasteiger partial charge < -0.3 is 5.11 Å². The van der Waals surface area contributed by atoms with E-state index < -0.39 is 5.60 Å². The summed E-state index contributed by atoms with van der Waals surface area (Å²) in [5.74, 6) is 0.307. The predicted molar refractivity (Wildman–Crippen MR) is 47.8 cm³/mol. The van der Waals surface area contributed by atoms with Crippen molar-refractivity contribution in [3.05, 3.63) is 11.6 Å². The van der Waals surface area contributed by atoms with Crippen molar-refractivity contribution in [2.75, 3.05) is 0 Å². The Morgan fingerprint density at radius 2 is 2.33 bits per heavy atom. The van der Waals surface area contributed by atoms with Gasteiger partial charge >= 0.3 is 0 Å². The molecule has 1 unspecified atom stereocenters. The number of aldehydes is 1. The van der Waals surface area contributed by atoms with E-state index in [1.54, 1.807) is 0 Å². The summed E-state index contributed by atoms with van der Waals surface area (Å²) < 4.78 is 0. The summed E-state index contributed by atoms with van der Waals surface area (Å²) in [5.41, 5.74) is 0.278. The van der Waals surface area contributed by atoms with E-state index in [1.165, 1.54) is 0 Å². The molecule has 68 valence electrons. The molecule has 0 aromatic carbocycles. The highest BCUT2D eigenvalue weighted by Crippen LogP contribution is 2.30. The molecular formula is C10H16O2. The van der Waals surface area contributed by atoms with Gasteiger partial charge in [-0.25, -0.2) is 0 Å². The largest absolute Gasteiger partial charge is 0.390 e. The zero-order valence-electron chi connectivity index (χ0n) is 7.71. The van der Waals surface area contributed by atoms with Crippen LogP contribution in [0.25, 0.3) is 0 Å². The first-order valence-corrected chi connectivity index (χ1v) is 4.40. The van der Waals surface area contributed by atoms with Gasteiger partial charge in [0.15, 0.2) is 0 Å². The fourth-order valence-electron chi connectivity index (χ4n) is 1.60. The molecule has 2 nitrogen and oxygen atoms in total. The second kappa shape index (κ2) is 3.40. The van der Waals surface area contributed by atoms with Gasteiger partial charge in [0.2, 0.25) is 0 Å². The highest BCUT2D eigenvalue weighted by atomic mass is 16.3. The molecule has 2 heteroatoms. The Morgan fingerprint density at radius 3 is 2.67 bits per heavy atom. The highest BCUT2D eigenvalue weighted by Gasteiger charge is 2.27. The van der Waals surface area contributed by atoms with Crippen molar-refractivity contribution < 1.29 is 9.90 Å². The van der Waals surface area contributed by atoms with Crippen LogP contribution in [0, 0.1) is 5.92 Å². The van der Waals surface area contributed by atoms with Crippen LogP contribution in [0.2, 0.25) is 0 Å². The molecule has 0 amide bonds. The third kappa shape index (κ3) is 2.18. The first-order valence-electron chi connectivity index (χ1n) is 4.40. The molecule has 0 aromatic heterocycles. The summed E-state index contributed by atoms with van der Waals surface area (Å²) in [6, 6.07) is 0. The van der Waals surface area contributed by atoms with Gasteiger partial charge in [0, 0.05) is 0 Å². The van der Waals surface area contributed by atoms with E-state index >= 15 is 0 Å². The lowest BCUT2D eigenvalue weighted by molar-refractivity contribution is -0.105. The number of allylic oxidation sites excluding steroid dienone is 2. The van der Waals surface area contributed by atoms with Crippen LogP contribution in [0.1, 0.15) is 33.1 Å². The van der Waals surface area contributed by atoms with Crippen LogP contribution < -0.4 is 0 Å². The van der Waals surface area contributed by atoms with Gasteiger partial charge in [0.05, 0.1) is 5.60 Å². The van der Waals surface area contributed by atoms with Crippen LogP contribution in [-0.2, 0) is 4.79 Å². The fourth-order valence-corrected chi connectivity index (χ4v) is 1.60. The number of carbonyl (C=O) groups excluding carboxylic acids is 1. The van der Waals surface area contributed by atoms with E-state index in [0.717, 1.165) is 31.1 Å². The Morgan fingerprint density at radius 1 is 1.67 bits per heavy atom. The summed E-state index contributed by atoms with van der Waals surface area (Å²) in [6.45, 7) is 3.66. The normalized spacial score (nSPS) is 24.9. The highest BCUT2D eigenvalue weighted by molar-refractivity contribution is 5.73. The fraction of sp³-hybridized carbons (Fsp3) is 0.700. The average molecular weight is 168 g/mol. The summed E-state index contributed by atoms with van der Waals surface area (Å²) in [6.07, 6.45) is 5.43. The molecule has 1 rings (SSSR count). The Kier molecular flexibility index (Phi) is 2.68. The van der Waals surface area contributed by atoms with Gasteiger partial charge in [0.25, 0.3) is 0 Å². The quantitative estimate of drug-likeness (QED) is 0.637. The molecule has 1 atom stereocenters. The minimum atomic E-state index is -0.606. The minimum absolute atomic E-state index is 0.307. The minimum Gasteiger partial charge on any atom is -0.390 e. The molecule has 0 aliphatic heterocycles. The van der Waals surface area contributed by atoms with Crippen LogP contribution in [0.15, 0.2) is 11.6 Å². The standard InChI is InChI=1S/C10H16O2/c1-10(2,12)9-5-3-8(7-11)4-6-9/h3,7,9,12H,4-6H2,1-2H3. The van der Waals surface area contributed by atoms with Crippen molar-refractivity contribution in [1.82, 2.24) is 0 Å².